The molecule has 1 aromatic carbocycles. The van der Waals surface area contributed by atoms with Gasteiger partial charge in [-0.1, -0.05) is 12.1 Å². The average molecular weight is 427 g/mol. The molecule has 2 amide bonds. The molecule has 13 nitrogen and oxygen atoms in total. The van der Waals surface area contributed by atoms with Gasteiger partial charge in [-0.15, -0.1) is 0 Å². The largest absolute Gasteiger partial charge is 0.477 e. The Kier molecular flexibility index (Phi) is 5.42. The second-order valence-electron chi connectivity index (χ2n) is 6.27. The lowest BCUT2D eigenvalue weighted by Crippen LogP contribution is -2.38. The molecular formula is C18H17N7O6. The second kappa shape index (κ2) is 7.98. The Morgan fingerprint density at radius 1 is 1.13 bits per heavy atom. The normalized spacial score (nSPS) is 11.6. The summed E-state index contributed by atoms with van der Waals surface area (Å²) < 4.78 is 5.58. The van der Waals surface area contributed by atoms with Gasteiger partial charge in [-0.25, -0.2) is 14.6 Å². The number of fused-ring (bicyclic) bond motifs is 1. The van der Waals surface area contributed by atoms with Crippen molar-refractivity contribution in [3.05, 3.63) is 52.8 Å². The van der Waals surface area contributed by atoms with Crippen molar-refractivity contribution in [2.45, 2.75) is 6.04 Å². The van der Waals surface area contributed by atoms with Gasteiger partial charge in [-0.05, 0) is 17.7 Å². The third-order valence-electron chi connectivity index (χ3n) is 4.32. The predicted molar refractivity (Wildman–Crippen MR) is 106 cm³/mol. The zero-order valence-electron chi connectivity index (χ0n) is 16.0. The molecule has 2 aromatic heterocycles. The number of carboxylic acid groups (broad SMARTS) is 1. The molecular weight excluding hydrogens is 410 g/mol. The number of benzene rings is 1. The van der Waals surface area contributed by atoms with Crippen LogP contribution in [0.3, 0.4) is 0 Å². The Hall–Kier alpha value is -4.68. The molecule has 0 radical (unpaired) electrons. The van der Waals surface area contributed by atoms with E-state index in [0.717, 1.165) is 10.5 Å². The maximum atomic E-state index is 12.7. The number of hydrogen-bond acceptors (Lipinski definition) is 9. The van der Waals surface area contributed by atoms with Gasteiger partial charge in [0.15, 0.2) is 11.5 Å². The first-order chi connectivity index (χ1) is 14.6. The molecule has 31 heavy (non-hydrogen) atoms. The summed E-state index contributed by atoms with van der Waals surface area (Å²) in [6.07, 6.45) is 0. The summed E-state index contributed by atoms with van der Waals surface area (Å²) >= 11 is 0. The summed E-state index contributed by atoms with van der Waals surface area (Å²) in [6, 6.07) is 5.28. The Balaban J connectivity index is 1.97. The molecule has 0 aliphatic heterocycles. The molecule has 0 spiro atoms. The summed E-state index contributed by atoms with van der Waals surface area (Å²) in [5.41, 5.74) is 16.4. The first-order valence-corrected chi connectivity index (χ1v) is 8.60. The number of hydrogen-bond donors (Lipinski definition) is 5. The van der Waals surface area contributed by atoms with Crippen molar-refractivity contribution in [1.29, 1.82) is 0 Å². The predicted octanol–water partition coefficient (Wildman–Crippen LogP) is -0.665. The summed E-state index contributed by atoms with van der Waals surface area (Å²) in [6.45, 7) is 0. The smallest absolute Gasteiger partial charge is 0.353 e. The van der Waals surface area contributed by atoms with Crippen LogP contribution in [-0.2, 0) is 9.53 Å². The number of ether oxygens (including phenoxy) is 1. The van der Waals surface area contributed by atoms with Gasteiger partial charge in [0.1, 0.15) is 17.4 Å². The number of nitrogen functional groups attached to an aromatic ring is 2. The number of carbonyl (C=O) groups excluding carboxylic acids is 3. The lowest BCUT2D eigenvalue weighted by Gasteiger charge is -2.16. The number of rotatable bonds is 6. The van der Waals surface area contributed by atoms with Crippen LogP contribution in [0.2, 0.25) is 0 Å². The van der Waals surface area contributed by atoms with Crippen LogP contribution in [0.1, 0.15) is 42.9 Å². The first kappa shape index (κ1) is 21.0. The first-order valence-electron chi connectivity index (χ1n) is 8.60. The Morgan fingerprint density at radius 2 is 1.77 bits per heavy atom. The molecule has 160 valence electrons. The SMILES string of the molecule is COC(=O)c1ccc([C@@H](NC(=O)c2cc(C(=O)O)n3c(N)nc(N)c3n2)C(N)=O)cc1. The Morgan fingerprint density at radius 3 is 2.32 bits per heavy atom. The van der Waals surface area contributed by atoms with E-state index in [1.54, 1.807) is 0 Å². The monoisotopic (exact) mass is 427 g/mol. The van der Waals surface area contributed by atoms with Crippen molar-refractivity contribution in [1.82, 2.24) is 19.7 Å². The van der Waals surface area contributed by atoms with E-state index in [-0.39, 0.29) is 34.2 Å². The van der Waals surface area contributed by atoms with Crippen LogP contribution in [0.5, 0.6) is 0 Å². The van der Waals surface area contributed by atoms with Gasteiger partial charge >= 0.3 is 11.9 Å². The summed E-state index contributed by atoms with van der Waals surface area (Å²) in [4.78, 5) is 55.6. The molecule has 0 fully saturated rings. The maximum absolute atomic E-state index is 12.7. The molecule has 0 bridgehead atoms. The number of esters is 1. The zero-order chi connectivity index (χ0) is 22.9. The highest BCUT2D eigenvalue weighted by Gasteiger charge is 2.25. The number of carbonyl (C=O) groups is 4. The van der Waals surface area contributed by atoms with E-state index in [1.165, 1.54) is 31.4 Å². The highest BCUT2D eigenvalue weighted by atomic mass is 16.5. The quantitative estimate of drug-likeness (QED) is 0.312. The molecule has 0 aliphatic carbocycles. The van der Waals surface area contributed by atoms with Crippen LogP contribution < -0.4 is 22.5 Å². The van der Waals surface area contributed by atoms with Gasteiger partial charge in [-0.3, -0.25) is 14.0 Å². The number of anilines is 2. The fraction of sp³-hybridized carbons (Fsp3) is 0.111. The topological polar surface area (TPSA) is 218 Å². The molecule has 0 unspecified atom stereocenters. The molecule has 0 saturated carbocycles. The average Bonchev–Trinajstić information content (AvgIpc) is 3.04. The minimum absolute atomic E-state index is 0.138. The van der Waals surface area contributed by atoms with Crippen LogP contribution >= 0.6 is 0 Å². The Bertz CT molecular complexity index is 1220. The molecule has 3 rings (SSSR count). The van der Waals surface area contributed by atoms with Crippen LogP contribution in [0.4, 0.5) is 11.8 Å². The number of primary amides is 1. The molecule has 2 heterocycles. The lowest BCUT2D eigenvalue weighted by atomic mass is 10.0. The molecule has 0 aliphatic rings. The number of carboxylic acids is 1. The highest BCUT2D eigenvalue weighted by Crippen LogP contribution is 2.20. The van der Waals surface area contributed by atoms with Crippen molar-refractivity contribution in [2.75, 3.05) is 18.6 Å². The standard InChI is InChI=1S/C18H17N7O6/c1-31-17(30)8-4-2-7(3-5-8)11(13(20)26)23-15(27)9-6-10(16(28)29)25-14(22-9)12(19)24-18(25)21/h2-6,11H,19H2,1H3,(H2,20,26)(H2,21,24)(H,23,27)(H,28,29)/t11-/m1/s1. The third-order valence-corrected chi connectivity index (χ3v) is 4.32. The van der Waals surface area contributed by atoms with Crippen LogP contribution in [0.15, 0.2) is 30.3 Å². The minimum atomic E-state index is -1.41. The number of methoxy groups -OCH3 is 1. The Labute approximate surface area is 173 Å². The van der Waals surface area contributed by atoms with E-state index in [1.807, 2.05) is 0 Å². The van der Waals surface area contributed by atoms with Crippen molar-refractivity contribution in [3.63, 3.8) is 0 Å². The van der Waals surface area contributed by atoms with E-state index in [4.69, 9.17) is 17.2 Å². The number of nitrogens with two attached hydrogens (primary N) is 3. The summed E-state index contributed by atoms with van der Waals surface area (Å²) in [7, 11) is 1.22. The number of aromatic nitrogens is 3. The molecule has 13 heteroatoms. The molecule has 1 atom stereocenters. The van der Waals surface area contributed by atoms with E-state index >= 15 is 0 Å². The van der Waals surface area contributed by atoms with E-state index in [2.05, 4.69) is 20.0 Å². The van der Waals surface area contributed by atoms with E-state index in [0.29, 0.717) is 0 Å². The zero-order valence-corrected chi connectivity index (χ0v) is 16.0. The summed E-state index contributed by atoms with van der Waals surface area (Å²) in [5, 5.41) is 11.8. The van der Waals surface area contributed by atoms with E-state index in [9.17, 15) is 24.3 Å². The van der Waals surface area contributed by atoms with Crippen LogP contribution in [0.25, 0.3) is 5.65 Å². The highest BCUT2D eigenvalue weighted by molar-refractivity contribution is 5.99. The molecule has 8 N–H and O–H groups in total. The van der Waals surface area contributed by atoms with Crippen molar-refractivity contribution >= 4 is 41.2 Å². The third kappa shape index (κ3) is 3.91. The van der Waals surface area contributed by atoms with Gasteiger partial charge in [-0.2, -0.15) is 4.98 Å². The lowest BCUT2D eigenvalue weighted by molar-refractivity contribution is -0.120. The van der Waals surface area contributed by atoms with Crippen LogP contribution in [0, 0.1) is 0 Å². The van der Waals surface area contributed by atoms with Crippen LogP contribution in [-0.4, -0.2) is 50.3 Å². The number of nitrogens with zero attached hydrogens (tertiary/aromatic N) is 3. The van der Waals surface area contributed by atoms with Crippen molar-refractivity contribution < 1.29 is 29.0 Å². The fourth-order valence-electron chi connectivity index (χ4n) is 2.86. The minimum Gasteiger partial charge on any atom is -0.477 e. The number of aromatic carboxylic acids is 1. The number of amides is 2. The molecule has 3 aromatic rings. The summed E-state index contributed by atoms with van der Waals surface area (Å²) in [5.74, 6) is -4.18. The van der Waals surface area contributed by atoms with Gasteiger partial charge in [0.05, 0.1) is 12.7 Å². The number of nitrogens with one attached hydrogen (secondary N) is 1. The second-order valence-corrected chi connectivity index (χ2v) is 6.27. The van der Waals surface area contributed by atoms with Gasteiger partial charge < -0.3 is 32.4 Å². The van der Waals surface area contributed by atoms with Gasteiger partial charge in [0.2, 0.25) is 11.9 Å². The van der Waals surface area contributed by atoms with Crippen molar-refractivity contribution in [3.8, 4) is 0 Å². The molecule has 0 saturated heterocycles. The van der Waals surface area contributed by atoms with Gasteiger partial charge in [0.25, 0.3) is 5.91 Å². The van der Waals surface area contributed by atoms with E-state index < -0.39 is 35.5 Å². The maximum Gasteiger partial charge on any atom is 0.353 e. The fourth-order valence-corrected chi connectivity index (χ4v) is 2.86. The van der Waals surface area contributed by atoms with Gasteiger partial charge in [0, 0.05) is 6.07 Å². The number of imidazole rings is 1. The van der Waals surface area contributed by atoms with Crippen molar-refractivity contribution in [2.24, 2.45) is 5.73 Å².